The van der Waals surface area contributed by atoms with Gasteiger partial charge in [-0.1, -0.05) is 11.2 Å². The minimum atomic E-state index is -4.70. The van der Waals surface area contributed by atoms with E-state index in [9.17, 15) is 23.1 Å². The number of nitrogens with zero attached hydrogens (tertiary/aromatic N) is 2. The third kappa shape index (κ3) is 3.62. The van der Waals surface area contributed by atoms with Crippen LogP contribution in [0.4, 0.5) is 18.2 Å². The van der Waals surface area contributed by atoms with Crippen LogP contribution < -0.4 is 4.90 Å². The van der Waals surface area contributed by atoms with Crippen LogP contribution in [-0.4, -0.2) is 42.2 Å². The maximum Gasteiger partial charge on any atom is 0.437 e. The second-order valence-electron chi connectivity index (χ2n) is 5.60. The molecule has 1 fully saturated rings. The van der Waals surface area contributed by atoms with Crippen molar-refractivity contribution in [3.8, 4) is 0 Å². The summed E-state index contributed by atoms with van der Waals surface area (Å²) in [5.74, 6) is -1.07. The summed E-state index contributed by atoms with van der Waals surface area (Å²) in [5, 5.41) is 13.4. The number of halogens is 3. The highest BCUT2D eigenvalue weighted by atomic mass is 32.1. The Morgan fingerprint density at radius 3 is 2.92 bits per heavy atom. The lowest BCUT2D eigenvalue weighted by Gasteiger charge is -2.14. The minimum Gasteiger partial charge on any atom is -0.391 e. The van der Waals surface area contributed by atoms with Crippen LogP contribution in [-0.2, 0) is 16.1 Å². The molecule has 0 saturated carbocycles. The number of allylic oxidation sites excluding steroid dienone is 1. The molecule has 3 rings (SSSR count). The zero-order valence-corrected chi connectivity index (χ0v) is 13.4. The van der Waals surface area contributed by atoms with Crippen molar-refractivity contribution in [2.24, 2.45) is 5.16 Å². The number of hydrogen-bond donors (Lipinski definition) is 1. The van der Waals surface area contributed by atoms with Gasteiger partial charge in [0.05, 0.1) is 16.7 Å². The molecule has 0 spiro atoms. The number of carbonyl (C=O) groups excluding carboxylic acids is 1. The van der Waals surface area contributed by atoms with E-state index in [1.807, 2.05) is 12.1 Å². The molecular weight excluding hydrogens is 345 g/mol. The molecule has 0 amide bonds. The molecule has 1 unspecified atom stereocenters. The molecule has 0 radical (unpaired) electrons. The van der Waals surface area contributed by atoms with E-state index < -0.39 is 23.4 Å². The van der Waals surface area contributed by atoms with Gasteiger partial charge in [0, 0.05) is 18.0 Å². The van der Waals surface area contributed by atoms with Crippen molar-refractivity contribution >= 4 is 28.0 Å². The third-order valence-electron chi connectivity index (χ3n) is 3.83. The zero-order valence-electron chi connectivity index (χ0n) is 12.5. The number of alkyl halides is 3. The number of hydrogen-bond acceptors (Lipinski definition) is 6. The van der Waals surface area contributed by atoms with E-state index in [2.05, 4.69) is 14.9 Å². The molecule has 1 N–H and O–H groups in total. The number of aryl methyl sites for hydroxylation is 1. The fourth-order valence-corrected chi connectivity index (χ4v) is 3.69. The molecular formula is C15H15F3N2O3S. The van der Waals surface area contributed by atoms with Crippen molar-refractivity contribution in [3.05, 3.63) is 28.7 Å². The average molecular weight is 360 g/mol. The summed E-state index contributed by atoms with van der Waals surface area (Å²) in [5.41, 5.74) is -1.80. The summed E-state index contributed by atoms with van der Waals surface area (Å²) in [4.78, 5) is 18.6. The van der Waals surface area contributed by atoms with Crippen molar-refractivity contribution < 1.29 is 27.9 Å². The van der Waals surface area contributed by atoms with Gasteiger partial charge in [-0.05, 0) is 31.4 Å². The molecule has 130 valence electrons. The Balaban J connectivity index is 1.61. The summed E-state index contributed by atoms with van der Waals surface area (Å²) in [7, 11) is 0. The van der Waals surface area contributed by atoms with Crippen LogP contribution in [0.15, 0.2) is 28.9 Å². The van der Waals surface area contributed by atoms with Crippen molar-refractivity contribution in [2.75, 3.05) is 18.0 Å². The quantitative estimate of drug-likeness (QED) is 0.662. The van der Waals surface area contributed by atoms with Gasteiger partial charge >= 0.3 is 12.1 Å². The summed E-state index contributed by atoms with van der Waals surface area (Å²) in [6, 6.07) is 3.85. The Morgan fingerprint density at radius 2 is 2.25 bits per heavy atom. The fourth-order valence-electron chi connectivity index (χ4n) is 2.64. The van der Waals surface area contributed by atoms with Crippen LogP contribution >= 0.6 is 11.3 Å². The SMILES string of the molecule is O=C1ON=C(C(F)(F)F)/C1=C/CCc1ccc(N2CCC(O)C2)s1. The van der Waals surface area contributed by atoms with Gasteiger partial charge in [0.15, 0.2) is 5.71 Å². The number of carbonyl (C=O) groups is 1. The lowest BCUT2D eigenvalue weighted by Crippen LogP contribution is -2.24. The highest BCUT2D eigenvalue weighted by Gasteiger charge is 2.45. The van der Waals surface area contributed by atoms with Gasteiger partial charge in [-0.3, -0.25) is 0 Å². The highest BCUT2D eigenvalue weighted by molar-refractivity contribution is 7.16. The van der Waals surface area contributed by atoms with E-state index in [-0.39, 0.29) is 12.5 Å². The molecule has 0 aromatic carbocycles. The molecule has 1 atom stereocenters. The Morgan fingerprint density at radius 1 is 1.46 bits per heavy atom. The van der Waals surface area contributed by atoms with Crippen LogP contribution in [0, 0.1) is 0 Å². The number of aliphatic hydroxyl groups excluding tert-OH is 1. The summed E-state index contributed by atoms with van der Waals surface area (Å²) < 4.78 is 38.1. The number of anilines is 1. The minimum absolute atomic E-state index is 0.280. The summed E-state index contributed by atoms with van der Waals surface area (Å²) in [6.45, 7) is 1.39. The van der Waals surface area contributed by atoms with E-state index in [0.29, 0.717) is 13.0 Å². The smallest absolute Gasteiger partial charge is 0.391 e. The van der Waals surface area contributed by atoms with Gasteiger partial charge in [0.1, 0.15) is 0 Å². The topological polar surface area (TPSA) is 62.1 Å². The molecule has 5 nitrogen and oxygen atoms in total. The van der Waals surface area contributed by atoms with Gasteiger partial charge in [-0.2, -0.15) is 13.2 Å². The first-order valence-electron chi connectivity index (χ1n) is 7.43. The Kier molecular flexibility index (Phi) is 4.64. The van der Waals surface area contributed by atoms with Gasteiger partial charge in [0.2, 0.25) is 0 Å². The molecule has 2 aliphatic rings. The number of rotatable bonds is 4. The first-order valence-corrected chi connectivity index (χ1v) is 8.25. The van der Waals surface area contributed by atoms with Crippen LogP contribution in [0.3, 0.4) is 0 Å². The number of thiophene rings is 1. The lowest BCUT2D eigenvalue weighted by atomic mass is 10.1. The summed E-state index contributed by atoms with van der Waals surface area (Å²) >= 11 is 1.54. The summed E-state index contributed by atoms with van der Waals surface area (Å²) in [6.07, 6.45) is -2.26. The molecule has 0 bridgehead atoms. The van der Waals surface area contributed by atoms with Gasteiger partial charge in [-0.25, -0.2) is 4.79 Å². The van der Waals surface area contributed by atoms with Crippen molar-refractivity contribution in [3.63, 3.8) is 0 Å². The number of oxime groups is 1. The molecule has 24 heavy (non-hydrogen) atoms. The van der Waals surface area contributed by atoms with Crippen LogP contribution in [0.2, 0.25) is 0 Å². The highest BCUT2D eigenvalue weighted by Crippen LogP contribution is 2.31. The van der Waals surface area contributed by atoms with Gasteiger partial charge in [0.25, 0.3) is 0 Å². The Labute approximate surface area is 140 Å². The van der Waals surface area contributed by atoms with Gasteiger partial charge in [-0.15, -0.1) is 11.3 Å². The predicted octanol–water partition coefficient (Wildman–Crippen LogP) is 2.65. The first kappa shape index (κ1) is 17.0. The maximum absolute atomic E-state index is 12.7. The van der Waals surface area contributed by atoms with Crippen LogP contribution in [0.25, 0.3) is 0 Å². The molecule has 9 heteroatoms. The molecule has 1 saturated heterocycles. The molecule has 0 aliphatic carbocycles. The average Bonchev–Trinajstić information content (AvgIpc) is 3.19. The van der Waals surface area contributed by atoms with E-state index >= 15 is 0 Å². The normalized spacial score (nSPS) is 23.1. The predicted molar refractivity (Wildman–Crippen MR) is 83.1 cm³/mol. The Bertz CT molecular complexity index is 696. The second kappa shape index (κ2) is 6.56. The molecule has 3 heterocycles. The van der Waals surface area contributed by atoms with Crippen LogP contribution in [0.1, 0.15) is 17.7 Å². The van der Waals surface area contributed by atoms with Gasteiger partial charge < -0.3 is 14.8 Å². The lowest BCUT2D eigenvalue weighted by molar-refractivity contribution is -0.136. The largest absolute Gasteiger partial charge is 0.437 e. The van der Waals surface area contributed by atoms with Crippen molar-refractivity contribution in [2.45, 2.75) is 31.5 Å². The zero-order chi connectivity index (χ0) is 17.3. The van der Waals surface area contributed by atoms with E-state index in [1.54, 1.807) is 0 Å². The van der Waals surface area contributed by atoms with Crippen LogP contribution in [0.5, 0.6) is 0 Å². The number of β-amino-alcohol motifs (C(OH)–C–C–N with tert-alkyl or cyclic N) is 1. The third-order valence-corrected chi connectivity index (χ3v) is 5.03. The van der Waals surface area contributed by atoms with Crippen molar-refractivity contribution in [1.29, 1.82) is 0 Å². The first-order chi connectivity index (χ1) is 11.3. The Hall–Kier alpha value is -1.87. The molecule has 1 aromatic heterocycles. The second-order valence-corrected chi connectivity index (χ2v) is 6.75. The monoisotopic (exact) mass is 360 g/mol. The molecule has 1 aromatic rings. The standard InChI is InChI=1S/C15H15F3N2O3S/c16-15(17,18)13-11(14(22)23-19-13)3-1-2-10-4-5-12(24-10)20-7-6-9(21)8-20/h3-5,9,21H,1-2,6-8H2/b11-3-. The molecule has 2 aliphatic heterocycles. The van der Waals surface area contributed by atoms with Crippen molar-refractivity contribution in [1.82, 2.24) is 0 Å². The van der Waals surface area contributed by atoms with E-state index in [4.69, 9.17) is 0 Å². The van der Waals surface area contributed by atoms with E-state index in [1.165, 1.54) is 17.4 Å². The number of aliphatic hydroxyl groups is 1. The fraction of sp³-hybridized carbons (Fsp3) is 0.467. The maximum atomic E-state index is 12.7. The van der Waals surface area contributed by atoms with E-state index in [0.717, 1.165) is 22.8 Å².